The summed E-state index contributed by atoms with van der Waals surface area (Å²) in [7, 11) is 0. The van der Waals surface area contributed by atoms with E-state index in [-0.39, 0.29) is 41.6 Å². The topological polar surface area (TPSA) is 0 Å². The van der Waals surface area contributed by atoms with Crippen LogP contribution in [-0.4, -0.2) is 5.92 Å². The van der Waals surface area contributed by atoms with Gasteiger partial charge < -0.3 is 24.8 Å². The SMILES string of the molecule is CCCC1=Cc2c(-c3ccccc3)cccc2C1c1c(C(C)(C)C)ccc2c1[CH]([Zr+2][SiH](c1ccccc1)c1ccccc1)c1cc(C(C)(C)C)ccc1-2.[Cl-].[Cl-]. The maximum Gasteiger partial charge on any atom is -1.00 e. The molecule has 0 aliphatic heterocycles. The minimum absolute atomic E-state index is 0. The van der Waals surface area contributed by atoms with Gasteiger partial charge in [-0.25, -0.2) is 0 Å². The summed E-state index contributed by atoms with van der Waals surface area (Å²) in [6, 6.07) is 54.0. The molecule has 6 aromatic rings. The summed E-state index contributed by atoms with van der Waals surface area (Å²) < 4.78 is 0.476. The zero-order valence-electron chi connectivity index (χ0n) is 33.3. The quantitative estimate of drug-likeness (QED) is 0.166. The Balaban J connectivity index is 0.00000257. The van der Waals surface area contributed by atoms with E-state index in [1.54, 1.807) is 32.6 Å². The van der Waals surface area contributed by atoms with E-state index in [0.29, 0.717) is 3.63 Å². The van der Waals surface area contributed by atoms with Crippen molar-refractivity contribution in [2.45, 2.75) is 81.7 Å². The molecule has 2 aliphatic rings. The Hall–Kier alpha value is -3.26. The molecule has 0 saturated heterocycles. The average molecular weight is 855 g/mol. The molecule has 2 aliphatic carbocycles. The van der Waals surface area contributed by atoms with Crippen LogP contribution in [0, 0.1) is 0 Å². The number of hydrogen-bond acceptors (Lipinski definition) is 0. The third-order valence-electron chi connectivity index (χ3n) is 11.6. The van der Waals surface area contributed by atoms with Crippen molar-refractivity contribution in [2.24, 2.45) is 0 Å². The van der Waals surface area contributed by atoms with Crippen LogP contribution in [-0.2, 0) is 33.2 Å². The van der Waals surface area contributed by atoms with Gasteiger partial charge in [-0.3, -0.25) is 0 Å². The summed E-state index contributed by atoms with van der Waals surface area (Å²) in [5.41, 5.74) is 18.1. The second-order valence-corrected chi connectivity index (χ2v) is 27.9. The summed E-state index contributed by atoms with van der Waals surface area (Å²) in [5.74, 6) is -1.23. The summed E-state index contributed by atoms with van der Waals surface area (Å²) in [6.45, 7) is 16.8. The van der Waals surface area contributed by atoms with Crippen molar-refractivity contribution in [3.63, 3.8) is 0 Å². The van der Waals surface area contributed by atoms with Crippen molar-refractivity contribution >= 4 is 22.4 Å². The Morgan fingerprint density at radius 2 is 1.16 bits per heavy atom. The van der Waals surface area contributed by atoms with Gasteiger partial charge in [-0.15, -0.1) is 0 Å². The van der Waals surface area contributed by atoms with Crippen molar-refractivity contribution in [1.82, 2.24) is 0 Å². The summed E-state index contributed by atoms with van der Waals surface area (Å²) in [5, 5.41) is 3.21. The first-order valence-corrected chi connectivity index (χ1v) is 27.0. The standard InChI is InChI=1S/C39H41.C12H11Si.2ClH.Zr/c1-8-13-26-23-33-29(25-14-10-9-11-15-25)16-12-17-32(33)36(26)37-34-24-27-22-28(38(2,3)4)18-19-30(27)31(34)20-21-35(37)39(5,6)7;1-3-7-11(8-4-1)13-12-9-5-2-6-10-12;;;/h9-12,14-24,36H,8,13H2,1-7H3;1-10,13H;2*1H;/q;;;;+2/p-2. The first-order valence-electron chi connectivity index (χ1n) is 19.6. The molecule has 8 rings (SSSR count). The monoisotopic (exact) mass is 852 g/mol. The van der Waals surface area contributed by atoms with E-state index in [1.807, 2.05) is 0 Å². The Labute approximate surface area is 354 Å². The van der Waals surface area contributed by atoms with Crippen molar-refractivity contribution in [2.75, 3.05) is 0 Å². The molecule has 6 aromatic carbocycles. The van der Waals surface area contributed by atoms with E-state index in [9.17, 15) is 0 Å². The van der Waals surface area contributed by atoms with E-state index in [0.717, 1.165) is 12.8 Å². The number of fused-ring (bicyclic) bond motifs is 4. The smallest absolute Gasteiger partial charge is 1.00 e. The Morgan fingerprint density at radius 3 is 1.75 bits per heavy atom. The summed E-state index contributed by atoms with van der Waals surface area (Å²) in [6.07, 6.45) is 4.85. The number of benzene rings is 6. The molecular formula is C51H52Cl2SiZr. The fraction of sp³-hybridized carbons (Fsp3) is 0.255. The number of allylic oxidation sites excluding steroid dienone is 1. The van der Waals surface area contributed by atoms with Crippen LogP contribution in [0.1, 0.15) is 110 Å². The van der Waals surface area contributed by atoms with Crippen LogP contribution in [0.4, 0.5) is 0 Å². The zero-order valence-corrected chi connectivity index (χ0v) is 38.4. The van der Waals surface area contributed by atoms with Gasteiger partial charge >= 0.3 is 333 Å². The van der Waals surface area contributed by atoms with E-state index in [1.165, 1.54) is 44.5 Å². The molecule has 0 bridgehead atoms. The van der Waals surface area contributed by atoms with Gasteiger partial charge in [-0.1, -0.05) is 0 Å². The third kappa shape index (κ3) is 7.87. The van der Waals surface area contributed by atoms with Crippen LogP contribution in [0.25, 0.3) is 28.3 Å². The first-order chi connectivity index (χ1) is 25.5. The van der Waals surface area contributed by atoms with Crippen LogP contribution < -0.4 is 35.2 Å². The van der Waals surface area contributed by atoms with Gasteiger partial charge in [0.15, 0.2) is 0 Å². The van der Waals surface area contributed by atoms with Gasteiger partial charge in [0.2, 0.25) is 0 Å². The number of rotatable bonds is 8. The molecule has 0 nitrogen and oxygen atoms in total. The third-order valence-corrected chi connectivity index (χ3v) is 25.6. The summed E-state index contributed by atoms with van der Waals surface area (Å²) in [4.78, 5) is 0. The van der Waals surface area contributed by atoms with Crippen LogP contribution >= 0.6 is 0 Å². The van der Waals surface area contributed by atoms with Gasteiger partial charge in [-0.2, -0.15) is 0 Å². The number of hydrogen-bond donors (Lipinski definition) is 0. The Kier molecular flexibility index (Phi) is 12.6. The van der Waals surface area contributed by atoms with Crippen molar-refractivity contribution in [1.29, 1.82) is 0 Å². The van der Waals surface area contributed by atoms with E-state index < -0.39 is 28.3 Å². The van der Waals surface area contributed by atoms with E-state index >= 15 is 0 Å². The molecule has 0 heterocycles. The molecule has 0 aromatic heterocycles. The molecule has 0 fully saturated rings. The van der Waals surface area contributed by atoms with Gasteiger partial charge in [-0.05, 0) is 0 Å². The second kappa shape index (κ2) is 16.7. The molecule has 2 atom stereocenters. The first kappa shape index (κ1) is 41.4. The van der Waals surface area contributed by atoms with Gasteiger partial charge in [0.1, 0.15) is 0 Å². The molecular weight excluding hydrogens is 803 g/mol. The van der Waals surface area contributed by atoms with Gasteiger partial charge in [0.05, 0.1) is 0 Å². The molecule has 0 saturated carbocycles. The van der Waals surface area contributed by atoms with Crippen LogP contribution in [0.5, 0.6) is 0 Å². The minimum atomic E-state index is -1.48. The average Bonchev–Trinajstić information content (AvgIpc) is 3.68. The summed E-state index contributed by atoms with van der Waals surface area (Å²) >= 11 is -1.13. The molecule has 278 valence electrons. The molecule has 0 radical (unpaired) electrons. The van der Waals surface area contributed by atoms with Crippen LogP contribution in [0.15, 0.2) is 145 Å². The van der Waals surface area contributed by atoms with Crippen molar-refractivity contribution in [3.8, 4) is 22.3 Å². The number of halogens is 2. The fourth-order valence-electron chi connectivity index (χ4n) is 9.01. The zero-order chi connectivity index (χ0) is 36.9. The van der Waals surface area contributed by atoms with Crippen molar-refractivity contribution < 1.29 is 47.2 Å². The molecule has 0 N–H and O–H groups in total. The predicted octanol–water partition coefficient (Wildman–Crippen LogP) is 5.98. The fourth-order valence-corrected chi connectivity index (χ4v) is 23.7. The van der Waals surface area contributed by atoms with E-state index in [4.69, 9.17) is 0 Å². The molecule has 2 unspecified atom stereocenters. The Bertz CT molecular complexity index is 2260. The molecule has 4 heteroatoms. The maximum atomic E-state index is 2.64. The van der Waals surface area contributed by atoms with E-state index in [2.05, 4.69) is 194 Å². The second-order valence-electron chi connectivity index (χ2n) is 17.2. The molecule has 0 spiro atoms. The maximum absolute atomic E-state index is 2.64. The molecule has 55 heavy (non-hydrogen) atoms. The van der Waals surface area contributed by atoms with Crippen molar-refractivity contribution in [3.05, 3.63) is 184 Å². The minimum Gasteiger partial charge on any atom is -1.00 e. The Morgan fingerprint density at radius 1 is 0.564 bits per heavy atom. The normalized spacial score (nSPS) is 15.6. The predicted molar refractivity (Wildman–Crippen MR) is 227 cm³/mol. The largest absolute Gasteiger partial charge is 1.00 e. The van der Waals surface area contributed by atoms with Gasteiger partial charge in [0.25, 0.3) is 0 Å². The molecule has 0 amide bonds. The van der Waals surface area contributed by atoms with Crippen LogP contribution in [0.2, 0.25) is 0 Å². The van der Waals surface area contributed by atoms with Crippen LogP contribution in [0.3, 0.4) is 0 Å². The van der Waals surface area contributed by atoms with Gasteiger partial charge in [0, 0.05) is 0 Å².